The van der Waals surface area contributed by atoms with E-state index in [1.54, 1.807) is 0 Å². The molecule has 0 aromatic carbocycles. The third-order valence-electron chi connectivity index (χ3n) is 2.26. The van der Waals surface area contributed by atoms with E-state index < -0.39 is 6.10 Å². The fourth-order valence-electron chi connectivity index (χ4n) is 1.28. The van der Waals surface area contributed by atoms with Crippen molar-refractivity contribution in [2.24, 2.45) is 0 Å². The Labute approximate surface area is 101 Å². The van der Waals surface area contributed by atoms with Gasteiger partial charge in [0.05, 0.1) is 6.61 Å². The van der Waals surface area contributed by atoms with Crippen LogP contribution in [0.25, 0.3) is 0 Å². The molecule has 1 N–H and O–H groups in total. The van der Waals surface area contributed by atoms with Gasteiger partial charge < -0.3 is 14.6 Å². The van der Waals surface area contributed by atoms with Gasteiger partial charge in [-0.15, -0.1) is 0 Å². The third kappa shape index (κ3) is 9.68. The largest absolute Gasteiger partial charge is 0.466 e. The Morgan fingerprint density at radius 1 is 1.12 bits per heavy atom. The predicted octanol–water partition coefficient (Wildman–Crippen LogP) is 1.02. The van der Waals surface area contributed by atoms with Crippen LogP contribution in [0.3, 0.4) is 0 Å². The van der Waals surface area contributed by atoms with E-state index in [0.29, 0.717) is 19.4 Å². The Balaban J connectivity index is 3.57. The van der Waals surface area contributed by atoms with Crippen LogP contribution >= 0.6 is 0 Å². The molecule has 17 heavy (non-hydrogen) atoms. The molecule has 0 fully saturated rings. The Kier molecular flexibility index (Phi) is 8.23. The summed E-state index contributed by atoms with van der Waals surface area (Å²) in [6.07, 6.45) is 0.792. The average molecular weight is 244 g/mol. The summed E-state index contributed by atoms with van der Waals surface area (Å²) in [5.41, 5.74) is 0. The Bertz CT molecular complexity index is 272. The lowest BCUT2D eigenvalue weighted by Gasteiger charge is -2.08. The first-order chi connectivity index (χ1) is 7.93. The number of carbonyl (C=O) groups excluding carboxylic acids is 3. The van der Waals surface area contributed by atoms with Crippen molar-refractivity contribution in [2.45, 2.75) is 52.1 Å². The van der Waals surface area contributed by atoms with E-state index in [1.807, 2.05) is 0 Å². The molecule has 5 nitrogen and oxygen atoms in total. The first kappa shape index (κ1) is 15.8. The fourth-order valence-corrected chi connectivity index (χ4v) is 1.28. The van der Waals surface area contributed by atoms with E-state index in [-0.39, 0.29) is 36.8 Å². The minimum atomic E-state index is -1.05. The molecule has 0 rings (SSSR count). The maximum atomic E-state index is 11.4. The summed E-state index contributed by atoms with van der Waals surface area (Å²) in [6, 6.07) is 0. The molecule has 0 aliphatic heterocycles. The molecule has 0 aliphatic rings. The molecular weight excluding hydrogens is 224 g/mol. The van der Waals surface area contributed by atoms with Crippen LogP contribution in [0.2, 0.25) is 0 Å². The molecule has 0 aromatic rings. The summed E-state index contributed by atoms with van der Waals surface area (Å²) in [6.45, 7) is 3.05. The molecule has 0 amide bonds. The fraction of sp³-hybridized carbons (Fsp3) is 0.750. The van der Waals surface area contributed by atoms with Gasteiger partial charge in [-0.25, -0.2) is 0 Å². The number of unbranched alkanes of at least 4 members (excludes halogenated alkanes) is 1. The molecule has 1 unspecified atom stereocenters. The van der Waals surface area contributed by atoms with E-state index in [2.05, 4.69) is 0 Å². The molecule has 0 bridgehead atoms. The normalized spacial score (nSPS) is 11.9. The molecule has 0 aliphatic carbocycles. The summed E-state index contributed by atoms with van der Waals surface area (Å²) in [4.78, 5) is 32.5. The monoisotopic (exact) mass is 244 g/mol. The van der Waals surface area contributed by atoms with E-state index >= 15 is 0 Å². The molecule has 0 saturated carbocycles. The number of hydrogen-bond donors (Lipinski definition) is 1. The van der Waals surface area contributed by atoms with Gasteiger partial charge in [0.25, 0.3) is 0 Å². The summed E-state index contributed by atoms with van der Waals surface area (Å²) >= 11 is 0. The number of aliphatic hydroxyl groups excluding tert-OH is 1. The van der Waals surface area contributed by atoms with E-state index in [9.17, 15) is 19.5 Å². The highest BCUT2D eigenvalue weighted by Gasteiger charge is 2.14. The zero-order valence-electron chi connectivity index (χ0n) is 10.4. The minimum Gasteiger partial charge on any atom is -0.466 e. The van der Waals surface area contributed by atoms with Crippen LogP contribution in [-0.4, -0.2) is 35.4 Å². The quantitative estimate of drug-likeness (QED) is 0.484. The standard InChI is InChI=1S/C12H20O5/c1-9(13)6-7-12(16)11(15)5-3-4-8-17-10(2)14/h12,16H,3-8H2,1-2H3. The van der Waals surface area contributed by atoms with Gasteiger partial charge in [-0.1, -0.05) is 0 Å². The minimum absolute atomic E-state index is 0.0355. The molecule has 0 aromatic heterocycles. The topological polar surface area (TPSA) is 80.7 Å². The summed E-state index contributed by atoms with van der Waals surface area (Å²) < 4.78 is 4.71. The van der Waals surface area contributed by atoms with Crippen molar-refractivity contribution in [3.8, 4) is 0 Å². The lowest BCUT2D eigenvalue weighted by atomic mass is 10.0. The number of aliphatic hydroxyl groups is 1. The lowest BCUT2D eigenvalue weighted by Crippen LogP contribution is -2.21. The van der Waals surface area contributed by atoms with Crippen molar-refractivity contribution >= 4 is 17.5 Å². The second-order valence-corrected chi connectivity index (χ2v) is 4.02. The Hall–Kier alpha value is -1.23. The van der Waals surface area contributed by atoms with Gasteiger partial charge in [0.15, 0.2) is 5.78 Å². The molecule has 0 spiro atoms. The number of ketones is 2. The van der Waals surface area contributed by atoms with Gasteiger partial charge in [0.1, 0.15) is 11.9 Å². The summed E-state index contributed by atoms with van der Waals surface area (Å²) in [7, 11) is 0. The Morgan fingerprint density at radius 3 is 2.29 bits per heavy atom. The SMILES string of the molecule is CC(=O)CCC(O)C(=O)CCCCOC(C)=O. The highest BCUT2D eigenvalue weighted by molar-refractivity contribution is 5.83. The van der Waals surface area contributed by atoms with Gasteiger partial charge in [-0.3, -0.25) is 9.59 Å². The van der Waals surface area contributed by atoms with Crippen molar-refractivity contribution in [3.63, 3.8) is 0 Å². The predicted molar refractivity (Wildman–Crippen MR) is 61.4 cm³/mol. The van der Waals surface area contributed by atoms with Gasteiger partial charge in [-0.2, -0.15) is 0 Å². The second-order valence-electron chi connectivity index (χ2n) is 4.02. The molecule has 0 radical (unpaired) electrons. The first-order valence-corrected chi connectivity index (χ1v) is 5.77. The van der Waals surface area contributed by atoms with Gasteiger partial charge in [0.2, 0.25) is 0 Å². The molecular formula is C12H20O5. The van der Waals surface area contributed by atoms with E-state index in [1.165, 1.54) is 13.8 Å². The lowest BCUT2D eigenvalue weighted by molar-refractivity contribution is -0.141. The van der Waals surface area contributed by atoms with Crippen LogP contribution in [0.15, 0.2) is 0 Å². The van der Waals surface area contributed by atoms with Crippen LogP contribution in [0, 0.1) is 0 Å². The van der Waals surface area contributed by atoms with Crippen molar-refractivity contribution in [2.75, 3.05) is 6.61 Å². The first-order valence-electron chi connectivity index (χ1n) is 5.77. The van der Waals surface area contributed by atoms with E-state index in [0.717, 1.165) is 0 Å². The highest BCUT2D eigenvalue weighted by Crippen LogP contribution is 2.05. The highest BCUT2D eigenvalue weighted by atomic mass is 16.5. The molecule has 0 heterocycles. The Morgan fingerprint density at radius 2 is 1.76 bits per heavy atom. The number of Topliss-reactive ketones (excluding diaryl/α,β-unsaturated/α-hetero) is 2. The van der Waals surface area contributed by atoms with Crippen LogP contribution in [0.1, 0.15) is 46.0 Å². The van der Waals surface area contributed by atoms with Crippen molar-refractivity contribution in [3.05, 3.63) is 0 Å². The van der Waals surface area contributed by atoms with Crippen molar-refractivity contribution < 1.29 is 24.2 Å². The second kappa shape index (κ2) is 8.87. The smallest absolute Gasteiger partial charge is 0.302 e. The maximum Gasteiger partial charge on any atom is 0.302 e. The number of rotatable bonds is 9. The van der Waals surface area contributed by atoms with Crippen LogP contribution < -0.4 is 0 Å². The molecule has 0 saturated heterocycles. The molecule has 98 valence electrons. The third-order valence-corrected chi connectivity index (χ3v) is 2.26. The van der Waals surface area contributed by atoms with Crippen molar-refractivity contribution in [1.29, 1.82) is 0 Å². The zero-order chi connectivity index (χ0) is 13.3. The number of ether oxygens (including phenoxy) is 1. The maximum absolute atomic E-state index is 11.4. The number of carbonyl (C=O) groups is 3. The van der Waals surface area contributed by atoms with Crippen LogP contribution in [0.4, 0.5) is 0 Å². The van der Waals surface area contributed by atoms with Gasteiger partial charge in [-0.05, 0) is 26.2 Å². The van der Waals surface area contributed by atoms with Crippen LogP contribution in [-0.2, 0) is 19.1 Å². The van der Waals surface area contributed by atoms with Crippen LogP contribution in [0.5, 0.6) is 0 Å². The summed E-state index contributed by atoms with van der Waals surface area (Å²) in [5, 5.41) is 9.42. The van der Waals surface area contributed by atoms with Gasteiger partial charge in [0, 0.05) is 19.8 Å². The number of hydrogen-bond acceptors (Lipinski definition) is 5. The van der Waals surface area contributed by atoms with Crippen molar-refractivity contribution in [1.82, 2.24) is 0 Å². The average Bonchev–Trinajstić information content (AvgIpc) is 2.24. The number of esters is 1. The summed E-state index contributed by atoms with van der Waals surface area (Å²) in [5.74, 6) is -0.626. The zero-order valence-corrected chi connectivity index (χ0v) is 10.4. The van der Waals surface area contributed by atoms with E-state index in [4.69, 9.17) is 4.74 Å². The van der Waals surface area contributed by atoms with Gasteiger partial charge >= 0.3 is 5.97 Å². The molecule has 5 heteroatoms. The molecule has 1 atom stereocenters.